The van der Waals surface area contributed by atoms with Crippen LogP contribution in [0.5, 0.6) is 0 Å². The van der Waals surface area contributed by atoms with E-state index in [1.165, 1.54) is 18.2 Å². The lowest BCUT2D eigenvalue weighted by Crippen LogP contribution is -2.46. The van der Waals surface area contributed by atoms with Gasteiger partial charge in [-0.25, -0.2) is 4.39 Å². The van der Waals surface area contributed by atoms with Gasteiger partial charge in [-0.3, -0.25) is 9.59 Å². The Morgan fingerprint density at radius 1 is 1.32 bits per heavy atom. The molecule has 6 heteroatoms. The van der Waals surface area contributed by atoms with Gasteiger partial charge < -0.3 is 16.4 Å². The summed E-state index contributed by atoms with van der Waals surface area (Å²) in [6.07, 6.45) is 0. The molecular weight excluding hydrogens is 249 g/mol. The topological polar surface area (TPSA) is 84.2 Å². The van der Waals surface area contributed by atoms with Crippen molar-refractivity contribution < 1.29 is 14.0 Å². The molecule has 0 spiro atoms. The molecule has 0 radical (unpaired) electrons. The van der Waals surface area contributed by atoms with Gasteiger partial charge in [0.1, 0.15) is 5.82 Å². The Morgan fingerprint density at radius 3 is 2.53 bits per heavy atom. The van der Waals surface area contributed by atoms with Crippen molar-refractivity contribution in [1.29, 1.82) is 0 Å². The molecule has 1 atom stereocenters. The monoisotopic (exact) mass is 267 g/mol. The Bertz CT molecular complexity index is 463. The van der Waals surface area contributed by atoms with E-state index in [0.29, 0.717) is 0 Å². The predicted molar refractivity (Wildman–Crippen MR) is 70.9 cm³/mol. The van der Waals surface area contributed by atoms with Crippen LogP contribution in [0.3, 0.4) is 0 Å². The molecule has 1 rings (SSSR count). The Kier molecular flexibility index (Phi) is 5.44. The second-order valence-electron chi connectivity index (χ2n) is 4.52. The van der Waals surface area contributed by atoms with Crippen LogP contribution in [0.2, 0.25) is 0 Å². The van der Waals surface area contributed by atoms with Crippen LogP contribution in [0.25, 0.3) is 0 Å². The van der Waals surface area contributed by atoms with Gasteiger partial charge in [-0.05, 0) is 18.1 Å². The lowest BCUT2D eigenvalue weighted by Gasteiger charge is -2.15. The first-order valence-corrected chi connectivity index (χ1v) is 5.99. The fourth-order valence-corrected chi connectivity index (χ4v) is 1.34. The van der Waals surface area contributed by atoms with Crippen LogP contribution in [0.15, 0.2) is 24.3 Å². The number of para-hydroxylation sites is 1. The van der Waals surface area contributed by atoms with Gasteiger partial charge in [0, 0.05) is 0 Å². The molecule has 0 bridgehead atoms. The number of amides is 2. The van der Waals surface area contributed by atoms with Gasteiger partial charge in [-0.2, -0.15) is 0 Å². The van der Waals surface area contributed by atoms with E-state index in [4.69, 9.17) is 5.73 Å². The first kappa shape index (κ1) is 15.1. The predicted octanol–water partition coefficient (Wildman–Crippen LogP) is 0.864. The molecule has 0 saturated carbocycles. The van der Waals surface area contributed by atoms with Crippen LogP contribution < -0.4 is 16.4 Å². The smallest absolute Gasteiger partial charge is 0.243 e. The summed E-state index contributed by atoms with van der Waals surface area (Å²) in [5, 5.41) is 4.77. The van der Waals surface area contributed by atoms with E-state index in [9.17, 15) is 14.0 Å². The van der Waals surface area contributed by atoms with Gasteiger partial charge >= 0.3 is 0 Å². The van der Waals surface area contributed by atoms with Crippen molar-refractivity contribution in [2.24, 2.45) is 11.7 Å². The Balaban J connectivity index is 2.45. The molecule has 0 fully saturated rings. The Morgan fingerprint density at radius 2 is 1.95 bits per heavy atom. The zero-order valence-electron chi connectivity index (χ0n) is 10.9. The zero-order chi connectivity index (χ0) is 14.4. The molecule has 0 aromatic heterocycles. The molecule has 1 aromatic carbocycles. The van der Waals surface area contributed by atoms with Gasteiger partial charge in [0.25, 0.3) is 0 Å². The first-order chi connectivity index (χ1) is 8.91. The molecule has 0 aliphatic heterocycles. The van der Waals surface area contributed by atoms with Crippen LogP contribution in [-0.2, 0) is 9.59 Å². The molecule has 0 heterocycles. The van der Waals surface area contributed by atoms with Crippen LogP contribution >= 0.6 is 0 Å². The minimum absolute atomic E-state index is 0.0189. The zero-order valence-corrected chi connectivity index (χ0v) is 10.9. The third kappa shape index (κ3) is 4.67. The second kappa shape index (κ2) is 6.84. The quantitative estimate of drug-likeness (QED) is 0.740. The highest BCUT2D eigenvalue weighted by atomic mass is 19.1. The van der Waals surface area contributed by atoms with Crippen molar-refractivity contribution in [3.05, 3.63) is 30.1 Å². The maximum atomic E-state index is 13.3. The van der Waals surface area contributed by atoms with Crippen molar-refractivity contribution in [3.8, 4) is 0 Å². The maximum Gasteiger partial charge on any atom is 0.243 e. The summed E-state index contributed by atoms with van der Waals surface area (Å²) < 4.78 is 13.3. The van der Waals surface area contributed by atoms with E-state index >= 15 is 0 Å². The van der Waals surface area contributed by atoms with Gasteiger partial charge in [-0.15, -0.1) is 0 Å². The van der Waals surface area contributed by atoms with Crippen molar-refractivity contribution >= 4 is 17.5 Å². The third-order valence-electron chi connectivity index (χ3n) is 2.59. The average Bonchev–Trinajstić information content (AvgIpc) is 2.37. The summed E-state index contributed by atoms with van der Waals surface area (Å²) in [6.45, 7) is 3.38. The summed E-state index contributed by atoms with van der Waals surface area (Å²) >= 11 is 0. The first-order valence-electron chi connectivity index (χ1n) is 5.99. The van der Waals surface area contributed by atoms with E-state index < -0.39 is 23.7 Å². The van der Waals surface area contributed by atoms with Gasteiger partial charge in [0.05, 0.1) is 18.3 Å². The molecular formula is C13H18FN3O2. The van der Waals surface area contributed by atoms with E-state index in [0.717, 1.165) is 0 Å². The van der Waals surface area contributed by atoms with Gasteiger partial charge in [0.2, 0.25) is 11.8 Å². The molecule has 4 N–H and O–H groups in total. The highest BCUT2D eigenvalue weighted by Gasteiger charge is 2.17. The third-order valence-corrected chi connectivity index (χ3v) is 2.59. The Hall–Kier alpha value is -1.95. The fourth-order valence-electron chi connectivity index (χ4n) is 1.34. The second-order valence-corrected chi connectivity index (χ2v) is 4.52. The molecule has 5 nitrogen and oxygen atoms in total. The van der Waals surface area contributed by atoms with Gasteiger partial charge in [0.15, 0.2) is 0 Å². The molecule has 0 aliphatic rings. The number of nitrogens with one attached hydrogen (secondary N) is 2. The average molecular weight is 267 g/mol. The minimum Gasteiger partial charge on any atom is -0.346 e. The van der Waals surface area contributed by atoms with Crippen LogP contribution in [0, 0.1) is 11.7 Å². The number of hydrogen-bond donors (Lipinski definition) is 3. The molecule has 104 valence electrons. The summed E-state index contributed by atoms with van der Waals surface area (Å²) in [6, 6.07) is 5.14. The molecule has 2 amide bonds. The molecule has 19 heavy (non-hydrogen) atoms. The van der Waals surface area contributed by atoms with Crippen molar-refractivity contribution in [2.45, 2.75) is 19.9 Å². The molecule has 0 saturated heterocycles. The number of carbonyl (C=O) groups excluding carboxylic acids is 2. The number of rotatable bonds is 5. The highest BCUT2D eigenvalue weighted by Crippen LogP contribution is 2.11. The summed E-state index contributed by atoms with van der Waals surface area (Å²) in [5.74, 6) is -1.45. The van der Waals surface area contributed by atoms with E-state index in [2.05, 4.69) is 10.6 Å². The lowest BCUT2D eigenvalue weighted by atomic mass is 10.1. The number of hydrogen-bond acceptors (Lipinski definition) is 3. The Labute approximate surface area is 111 Å². The lowest BCUT2D eigenvalue weighted by molar-refractivity contribution is -0.125. The normalized spacial score (nSPS) is 12.1. The van der Waals surface area contributed by atoms with Crippen LogP contribution in [0.1, 0.15) is 13.8 Å². The standard InChI is InChI=1S/C13H18FN3O2/c1-8(2)12(15)13(19)16-7-11(18)17-10-6-4-3-5-9(10)14/h3-6,8,12H,7,15H2,1-2H3,(H,16,19)(H,17,18)/t12-/m0/s1. The molecule has 0 aliphatic carbocycles. The van der Waals surface area contributed by atoms with Crippen molar-refractivity contribution in [1.82, 2.24) is 5.32 Å². The summed E-state index contributed by atoms with van der Waals surface area (Å²) in [5.41, 5.74) is 5.70. The van der Waals surface area contributed by atoms with Crippen molar-refractivity contribution in [2.75, 3.05) is 11.9 Å². The maximum absolute atomic E-state index is 13.3. The molecule has 1 aromatic rings. The van der Waals surface area contributed by atoms with E-state index in [-0.39, 0.29) is 18.2 Å². The van der Waals surface area contributed by atoms with Gasteiger partial charge in [-0.1, -0.05) is 26.0 Å². The van der Waals surface area contributed by atoms with E-state index in [1.807, 2.05) is 13.8 Å². The number of anilines is 1. The summed E-state index contributed by atoms with van der Waals surface area (Å²) in [7, 11) is 0. The number of carbonyl (C=O) groups is 2. The largest absolute Gasteiger partial charge is 0.346 e. The van der Waals surface area contributed by atoms with Crippen LogP contribution in [0.4, 0.5) is 10.1 Å². The highest BCUT2D eigenvalue weighted by molar-refractivity contribution is 5.95. The SMILES string of the molecule is CC(C)[C@H](N)C(=O)NCC(=O)Nc1ccccc1F. The minimum atomic E-state index is -0.665. The molecule has 0 unspecified atom stereocenters. The fraction of sp³-hybridized carbons (Fsp3) is 0.385. The van der Waals surface area contributed by atoms with E-state index in [1.54, 1.807) is 6.07 Å². The number of benzene rings is 1. The van der Waals surface area contributed by atoms with Crippen LogP contribution in [-0.4, -0.2) is 24.4 Å². The van der Waals surface area contributed by atoms with Crippen molar-refractivity contribution in [3.63, 3.8) is 0 Å². The summed E-state index contributed by atoms with van der Waals surface area (Å²) in [4.78, 5) is 23.0. The number of nitrogens with two attached hydrogens (primary N) is 1. The number of halogens is 1.